The third kappa shape index (κ3) is 2.61. The maximum absolute atomic E-state index is 11.1. The van der Waals surface area contributed by atoms with Crippen LogP contribution in [0.4, 0.5) is 0 Å². The summed E-state index contributed by atoms with van der Waals surface area (Å²) in [5.74, 6) is 0.317. The Kier molecular flexibility index (Phi) is 3.41. The minimum atomic E-state index is -3.87. The molecule has 0 spiro atoms. The maximum atomic E-state index is 11.1. The molecular formula is C9H7ClIN3O2S. The van der Waals surface area contributed by atoms with Gasteiger partial charge in [0.2, 0.25) is 0 Å². The molecule has 0 atom stereocenters. The van der Waals surface area contributed by atoms with Crippen molar-refractivity contribution in [3.63, 3.8) is 0 Å². The molecule has 0 aliphatic heterocycles. The van der Waals surface area contributed by atoms with Crippen molar-refractivity contribution in [1.29, 1.82) is 0 Å². The number of hydrogen-bond acceptors (Lipinski definition) is 4. The average molecular weight is 384 g/mol. The fourth-order valence-electron chi connectivity index (χ4n) is 1.30. The fraction of sp³-hybridized carbons (Fsp3) is 0.111. The number of aryl methyl sites for hydroxylation is 1. The molecule has 8 heteroatoms. The van der Waals surface area contributed by atoms with E-state index in [0.29, 0.717) is 5.82 Å². The molecule has 90 valence electrons. The Bertz CT molecular complexity index is 669. The molecule has 0 saturated heterocycles. The Morgan fingerprint density at radius 2 is 2.12 bits per heavy atom. The van der Waals surface area contributed by atoms with Crippen LogP contribution in [0.15, 0.2) is 23.4 Å². The third-order valence-corrected chi connectivity index (χ3v) is 4.64. The first-order valence-electron chi connectivity index (χ1n) is 4.52. The lowest BCUT2D eigenvalue weighted by molar-refractivity contribution is 0.602. The molecular weight excluding hydrogens is 377 g/mol. The molecule has 0 fully saturated rings. The summed E-state index contributed by atoms with van der Waals surface area (Å²) in [6.07, 6.45) is 0. The highest BCUT2D eigenvalue weighted by molar-refractivity contribution is 14.1. The maximum Gasteiger partial charge on any atom is 0.296 e. The van der Waals surface area contributed by atoms with Crippen LogP contribution in [0.3, 0.4) is 0 Å². The lowest BCUT2D eigenvalue weighted by atomic mass is 10.1. The van der Waals surface area contributed by atoms with Crippen LogP contribution in [0.2, 0.25) is 0 Å². The molecule has 0 amide bonds. The van der Waals surface area contributed by atoms with Gasteiger partial charge in [0.05, 0.1) is 0 Å². The summed E-state index contributed by atoms with van der Waals surface area (Å²) < 4.78 is 23.1. The van der Waals surface area contributed by atoms with Crippen LogP contribution in [0.5, 0.6) is 0 Å². The number of aromatic nitrogens is 3. The molecule has 2 rings (SSSR count). The zero-order valence-electron chi connectivity index (χ0n) is 8.61. The molecule has 2 aromatic rings. The van der Waals surface area contributed by atoms with E-state index in [-0.39, 0.29) is 5.16 Å². The number of hydrogen-bond donors (Lipinski definition) is 1. The third-order valence-electron chi connectivity index (χ3n) is 2.13. The molecule has 1 aromatic heterocycles. The average Bonchev–Trinajstić information content (AvgIpc) is 2.70. The van der Waals surface area contributed by atoms with Crippen molar-refractivity contribution >= 4 is 42.3 Å². The van der Waals surface area contributed by atoms with Gasteiger partial charge in [-0.05, 0) is 35.1 Å². The Morgan fingerprint density at radius 1 is 1.41 bits per heavy atom. The highest BCUT2D eigenvalue weighted by Crippen LogP contribution is 2.25. The largest absolute Gasteiger partial charge is 0.296 e. The zero-order valence-corrected chi connectivity index (χ0v) is 12.3. The van der Waals surface area contributed by atoms with Gasteiger partial charge in [-0.25, -0.2) is 13.5 Å². The van der Waals surface area contributed by atoms with Gasteiger partial charge in [-0.3, -0.25) is 0 Å². The molecule has 0 bridgehead atoms. The minimum Gasteiger partial charge on any atom is -0.248 e. The summed E-state index contributed by atoms with van der Waals surface area (Å²) in [7, 11) is 1.29. The van der Waals surface area contributed by atoms with Gasteiger partial charge in [0.25, 0.3) is 14.2 Å². The standard InChI is InChI=1S/C9H7ClIN3O2S/c1-5-3-2-4-6(7(5)11)8-12-9(14-13-8)17(10,15)16/h2-4H,1H3,(H,12,13,14). The fourth-order valence-corrected chi connectivity index (χ4v) is 2.45. The van der Waals surface area contributed by atoms with Gasteiger partial charge < -0.3 is 0 Å². The van der Waals surface area contributed by atoms with E-state index in [4.69, 9.17) is 10.7 Å². The molecule has 1 N–H and O–H groups in total. The van der Waals surface area contributed by atoms with E-state index in [9.17, 15) is 8.42 Å². The van der Waals surface area contributed by atoms with Crippen LogP contribution in [-0.2, 0) is 9.05 Å². The second-order valence-electron chi connectivity index (χ2n) is 3.34. The molecule has 1 heterocycles. The smallest absolute Gasteiger partial charge is 0.248 e. The van der Waals surface area contributed by atoms with Crippen LogP contribution in [0.1, 0.15) is 5.56 Å². The van der Waals surface area contributed by atoms with Gasteiger partial charge >= 0.3 is 0 Å². The first-order chi connectivity index (χ1) is 7.89. The van der Waals surface area contributed by atoms with Crippen molar-refractivity contribution in [1.82, 2.24) is 15.2 Å². The summed E-state index contributed by atoms with van der Waals surface area (Å²) in [6, 6.07) is 5.64. The topological polar surface area (TPSA) is 75.7 Å². The molecule has 0 unspecified atom stereocenters. The van der Waals surface area contributed by atoms with Gasteiger partial charge in [-0.15, -0.1) is 0 Å². The Morgan fingerprint density at radius 3 is 2.71 bits per heavy atom. The summed E-state index contributed by atoms with van der Waals surface area (Å²) >= 11 is 2.16. The van der Waals surface area contributed by atoms with Crippen LogP contribution >= 0.6 is 33.3 Å². The zero-order chi connectivity index (χ0) is 12.6. The number of rotatable bonds is 2. The summed E-state index contributed by atoms with van der Waals surface area (Å²) in [5, 5.41) is 5.82. The first kappa shape index (κ1) is 12.8. The quantitative estimate of drug-likeness (QED) is 0.638. The van der Waals surface area contributed by atoms with Crippen molar-refractivity contribution < 1.29 is 8.42 Å². The first-order valence-corrected chi connectivity index (χ1v) is 7.91. The monoisotopic (exact) mass is 383 g/mol. The van der Waals surface area contributed by atoms with Crippen molar-refractivity contribution in [3.05, 3.63) is 27.3 Å². The van der Waals surface area contributed by atoms with E-state index in [1.165, 1.54) is 0 Å². The number of nitrogens with one attached hydrogen (secondary N) is 1. The van der Waals surface area contributed by atoms with Crippen molar-refractivity contribution in [2.45, 2.75) is 12.1 Å². The predicted molar refractivity (Wildman–Crippen MR) is 72.3 cm³/mol. The Hall–Kier alpha value is -0.670. The number of H-pyrrole nitrogens is 1. The highest BCUT2D eigenvalue weighted by atomic mass is 127. The van der Waals surface area contributed by atoms with E-state index in [1.54, 1.807) is 0 Å². The number of aromatic amines is 1. The second kappa shape index (κ2) is 4.54. The highest BCUT2D eigenvalue weighted by Gasteiger charge is 2.18. The number of halogens is 2. The van der Waals surface area contributed by atoms with Gasteiger partial charge in [0, 0.05) is 19.8 Å². The SMILES string of the molecule is Cc1cccc(-c2n[nH]c(S(=O)(=O)Cl)n2)c1I. The van der Waals surface area contributed by atoms with Crippen LogP contribution in [0.25, 0.3) is 11.4 Å². The van der Waals surface area contributed by atoms with E-state index in [0.717, 1.165) is 14.7 Å². The normalized spacial score (nSPS) is 11.7. The Labute approximate surface area is 116 Å². The summed E-state index contributed by atoms with van der Waals surface area (Å²) in [4.78, 5) is 3.86. The van der Waals surface area contributed by atoms with Crippen LogP contribution in [-0.4, -0.2) is 23.6 Å². The Balaban J connectivity index is 2.55. The molecule has 1 aromatic carbocycles. The van der Waals surface area contributed by atoms with E-state index in [1.807, 2.05) is 25.1 Å². The molecule has 0 saturated carbocycles. The summed E-state index contributed by atoms with van der Waals surface area (Å²) in [5.41, 5.74) is 1.84. The lowest BCUT2D eigenvalue weighted by Gasteiger charge is -2.02. The lowest BCUT2D eigenvalue weighted by Crippen LogP contribution is -1.93. The van der Waals surface area contributed by atoms with Crippen molar-refractivity contribution in [2.24, 2.45) is 0 Å². The second-order valence-corrected chi connectivity index (χ2v) is 6.90. The number of benzene rings is 1. The van der Waals surface area contributed by atoms with Gasteiger partial charge in [-0.1, -0.05) is 18.2 Å². The molecule has 5 nitrogen and oxygen atoms in total. The van der Waals surface area contributed by atoms with Gasteiger partial charge in [-0.2, -0.15) is 10.1 Å². The van der Waals surface area contributed by atoms with Gasteiger partial charge in [0.1, 0.15) is 0 Å². The van der Waals surface area contributed by atoms with Crippen molar-refractivity contribution in [3.8, 4) is 11.4 Å². The van der Waals surface area contributed by atoms with E-state index in [2.05, 4.69) is 37.8 Å². The van der Waals surface area contributed by atoms with E-state index >= 15 is 0 Å². The predicted octanol–water partition coefficient (Wildman–Crippen LogP) is 2.31. The van der Waals surface area contributed by atoms with E-state index < -0.39 is 9.05 Å². The van der Waals surface area contributed by atoms with Crippen LogP contribution in [0, 0.1) is 10.5 Å². The molecule has 0 radical (unpaired) electrons. The minimum absolute atomic E-state index is 0.317. The van der Waals surface area contributed by atoms with Gasteiger partial charge in [0.15, 0.2) is 5.82 Å². The molecule has 0 aliphatic rings. The van der Waals surface area contributed by atoms with Crippen LogP contribution < -0.4 is 0 Å². The van der Waals surface area contributed by atoms with Crippen molar-refractivity contribution in [2.75, 3.05) is 0 Å². The summed E-state index contributed by atoms with van der Waals surface area (Å²) in [6.45, 7) is 1.96. The molecule has 17 heavy (non-hydrogen) atoms. The number of nitrogens with zero attached hydrogens (tertiary/aromatic N) is 2. The molecule has 0 aliphatic carbocycles.